The minimum Gasteiger partial charge on any atom is -0.438 e. The number of rotatable bonds is 2. The monoisotopic (exact) mass is 296 g/mol. The maximum Gasteiger partial charge on any atom is 0.231 e. The molecule has 3 aromatic rings. The Morgan fingerprint density at radius 3 is 2.86 bits per heavy atom. The number of ether oxygens (including phenoxy) is 1. The van der Waals surface area contributed by atoms with Gasteiger partial charge < -0.3 is 4.74 Å². The van der Waals surface area contributed by atoms with Crippen LogP contribution in [0.2, 0.25) is 0 Å². The maximum atomic E-state index is 6.07. The van der Waals surface area contributed by atoms with Crippen LogP contribution in [0.15, 0.2) is 24.5 Å². The molecule has 1 aliphatic carbocycles. The van der Waals surface area contributed by atoms with Crippen molar-refractivity contribution in [1.29, 1.82) is 0 Å². The van der Waals surface area contributed by atoms with Crippen molar-refractivity contribution in [2.24, 2.45) is 0 Å². The van der Waals surface area contributed by atoms with Crippen molar-refractivity contribution >= 4 is 21.6 Å². The molecule has 0 radical (unpaired) electrons. The minimum absolute atomic E-state index is 0.697. The second-order valence-electron chi connectivity index (χ2n) is 5.56. The van der Waals surface area contributed by atoms with Crippen LogP contribution in [0.3, 0.4) is 0 Å². The topological polar surface area (TPSA) is 35.0 Å². The van der Waals surface area contributed by atoms with Crippen molar-refractivity contribution in [3.8, 4) is 11.6 Å². The molecule has 0 bridgehead atoms. The quantitative estimate of drug-likeness (QED) is 0.694. The van der Waals surface area contributed by atoms with Crippen molar-refractivity contribution in [3.05, 3.63) is 46.1 Å². The molecule has 106 valence electrons. The van der Waals surface area contributed by atoms with E-state index < -0.39 is 0 Å². The van der Waals surface area contributed by atoms with E-state index in [1.807, 2.05) is 6.07 Å². The Balaban J connectivity index is 1.81. The van der Waals surface area contributed by atoms with Crippen LogP contribution in [0.1, 0.15) is 28.0 Å². The lowest BCUT2D eigenvalue weighted by Crippen LogP contribution is -1.92. The van der Waals surface area contributed by atoms with Crippen molar-refractivity contribution in [2.75, 3.05) is 0 Å². The first-order valence-corrected chi connectivity index (χ1v) is 8.04. The van der Waals surface area contributed by atoms with Gasteiger partial charge in [-0.05, 0) is 61.9 Å². The largest absolute Gasteiger partial charge is 0.438 e. The summed E-state index contributed by atoms with van der Waals surface area (Å²) < 4.78 is 6.07. The van der Waals surface area contributed by atoms with Crippen LogP contribution < -0.4 is 4.74 Å². The summed E-state index contributed by atoms with van der Waals surface area (Å²) in [6.07, 6.45) is 5.12. The summed E-state index contributed by atoms with van der Waals surface area (Å²) in [4.78, 5) is 11.3. The molecule has 0 N–H and O–H groups in total. The predicted octanol–water partition coefficient (Wildman–Crippen LogP) is 4.59. The van der Waals surface area contributed by atoms with Crippen LogP contribution in [-0.2, 0) is 12.8 Å². The minimum atomic E-state index is 0.697. The lowest BCUT2D eigenvalue weighted by Gasteiger charge is -2.08. The molecule has 3 nitrogen and oxygen atoms in total. The van der Waals surface area contributed by atoms with E-state index in [2.05, 4.69) is 35.9 Å². The van der Waals surface area contributed by atoms with Gasteiger partial charge in [-0.25, -0.2) is 9.97 Å². The van der Waals surface area contributed by atoms with Crippen LogP contribution in [-0.4, -0.2) is 9.97 Å². The summed E-state index contributed by atoms with van der Waals surface area (Å²) in [6.45, 7) is 4.20. The van der Waals surface area contributed by atoms with Gasteiger partial charge in [0.05, 0.1) is 5.39 Å². The van der Waals surface area contributed by atoms with Crippen LogP contribution >= 0.6 is 11.3 Å². The van der Waals surface area contributed by atoms with Crippen LogP contribution in [0.25, 0.3) is 10.2 Å². The van der Waals surface area contributed by atoms with Crippen LogP contribution in [0.5, 0.6) is 11.6 Å². The normalized spacial score (nSPS) is 13.6. The Morgan fingerprint density at radius 2 is 2.00 bits per heavy atom. The van der Waals surface area contributed by atoms with E-state index in [0.29, 0.717) is 5.88 Å². The van der Waals surface area contributed by atoms with E-state index >= 15 is 0 Å². The fourth-order valence-corrected chi connectivity index (χ4v) is 4.09. The van der Waals surface area contributed by atoms with Gasteiger partial charge in [-0.3, -0.25) is 0 Å². The summed E-state index contributed by atoms with van der Waals surface area (Å²) in [6, 6.07) is 6.15. The third-order valence-corrected chi connectivity index (χ3v) is 5.36. The molecular weight excluding hydrogens is 280 g/mol. The fraction of sp³-hybridized carbons (Fsp3) is 0.294. The van der Waals surface area contributed by atoms with Gasteiger partial charge in [0.1, 0.15) is 16.9 Å². The molecule has 2 aromatic heterocycles. The summed E-state index contributed by atoms with van der Waals surface area (Å²) in [5.74, 6) is 1.54. The van der Waals surface area contributed by atoms with Crippen molar-refractivity contribution in [2.45, 2.75) is 33.1 Å². The van der Waals surface area contributed by atoms with Gasteiger partial charge in [0, 0.05) is 4.88 Å². The van der Waals surface area contributed by atoms with Gasteiger partial charge in [0.15, 0.2) is 0 Å². The average Bonchev–Trinajstić information content (AvgIpc) is 3.03. The molecule has 0 saturated heterocycles. The highest BCUT2D eigenvalue weighted by molar-refractivity contribution is 7.18. The number of hydrogen-bond acceptors (Lipinski definition) is 4. The summed E-state index contributed by atoms with van der Waals surface area (Å²) in [5.41, 5.74) is 3.90. The first-order valence-electron chi connectivity index (χ1n) is 7.23. The summed E-state index contributed by atoms with van der Waals surface area (Å²) in [5, 5.41) is 1.12. The highest BCUT2D eigenvalue weighted by atomic mass is 32.1. The fourth-order valence-electron chi connectivity index (χ4n) is 2.87. The molecule has 0 saturated carbocycles. The highest BCUT2D eigenvalue weighted by Crippen LogP contribution is 2.40. The number of hydrogen-bond donors (Lipinski definition) is 0. The van der Waals surface area contributed by atoms with Gasteiger partial charge in [-0.15, -0.1) is 11.3 Å². The van der Waals surface area contributed by atoms with Gasteiger partial charge in [-0.1, -0.05) is 6.07 Å². The Morgan fingerprint density at radius 1 is 1.10 bits per heavy atom. The van der Waals surface area contributed by atoms with Gasteiger partial charge in [-0.2, -0.15) is 0 Å². The van der Waals surface area contributed by atoms with E-state index in [4.69, 9.17) is 4.74 Å². The molecule has 0 spiro atoms. The lowest BCUT2D eigenvalue weighted by atomic mass is 10.1. The lowest BCUT2D eigenvalue weighted by molar-refractivity contribution is 0.467. The van der Waals surface area contributed by atoms with Crippen molar-refractivity contribution < 1.29 is 4.74 Å². The number of thiophene rings is 1. The number of nitrogens with zero attached hydrogens (tertiary/aromatic N) is 2. The molecule has 1 aliphatic rings. The average molecular weight is 296 g/mol. The van der Waals surface area contributed by atoms with E-state index in [-0.39, 0.29) is 0 Å². The van der Waals surface area contributed by atoms with Crippen LogP contribution in [0, 0.1) is 13.8 Å². The van der Waals surface area contributed by atoms with Crippen molar-refractivity contribution in [3.63, 3.8) is 0 Å². The predicted molar refractivity (Wildman–Crippen MR) is 85.4 cm³/mol. The zero-order chi connectivity index (χ0) is 14.4. The molecular formula is C17H16N2OS. The standard InChI is InChI=1S/C17H16N2OS/c1-10-6-7-12(8-11(10)2)20-16-15-13-4-3-5-14(13)21-17(15)19-9-18-16/h6-9H,3-5H2,1-2H3. The second kappa shape index (κ2) is 4.81. The molecule has 0 atom stereocenters. The molecule has 0 aliphatic heterocycles. The molecule has 4 rings (SSSR count). The molecule has 0 amide bonds. The van der Waals surface area contributed by atoms with E-state index in [1.54, 1.807) is 17.7 Å². The second-order valence-corrected chi connectivity index (χ2v) is 6.65. The van der Waals surface area contributed by atoms with Crippen LogP contribution in [0.4, 0.5) is 0 Å². The Hall–Kier alpha value is -1.94. The first kappa shape index (κ1) is 12.8. The molecule has 0 unspecified atom stereocenters. The van der Waals surface area contributed by atoms with E-state index in [9.17, 15) is 0 Å². The molecule has 21 heavy (non-hydrogen) atoms. The van der Waals surface area contributed by atoms with E-state index in [0.717, 1.165) is 22.4 Å². The van der Waals surface area contributed by atoms with Gasteiger partial charge in [0.25, 0.3) is 0 Å². The Bertz CT molecular complexity index is 838. The zero-order valence-corrected chi connectivity index (χ0v) is 13.0. The summed E-state index contributed by atoms with van der Waals surface area (Å²) in [7, 11) is 0. The Kier molecular flexibility index (Phi) is 2.93. The Labute approximate surface area is 127 Å². The van der Waals surface area contributed by atoms with Crippen molar-refractivity contribution in [1.82, 2.24) is 9.97 Å². The third-order valence-electron chi connectivity index (χ3n) is 4.16. The van der Waals surface area contributed by atoms with E-state index in [1.165, 1.54) is 34.4 Å². The number of fused-ring (bicyclic) bond motifs is 3. The molecule has 4 heteroatoms. The SMILES string of the molecule is Cc1ccc(Oc2ncnc3sc4c(c23)CCC4)cc1C. The third kappa shape index (κ3) is 2.10. The summed E-state index contributed by atoms with van der Waals surface area (Å²) >= 11 is 1.79. The van der Waals surface area contributed by atoms with Gasteiger partial charge in [0.2, 0.25) is 5.88 Å². The molecule has 1 aromatic carbocycles. The zero-order valence-electron chi connectivity index (χ0n) is 12.1. The number of aromatic nitrogens is 2. The highest BCUT2D eigenvalue weighted by Gasteiger charge is 2.22. The number of benzene rings is 1. The molecule has 2 heterocycles. The van der Waals surface area contributed by atoms with Gasteiger partial charge >= 0.3 is 0 Å². The first-order chi connectivity index (χ1) is 10.2. The maximum absolute atomic E-state index is 6.07. The smallest absolute Gasteiger partial charge is 0.231 e. The molecule has 0 fully saturated rings. The number of aryl methyl sites for hydroxylation is 4.